The lowest BCUT2D eigenvalue weighted by molar-refractivity contribution is 0.0197. The van der Waals surface area contributed by atoms with Crippen LogP contribution < -0.4 is 0 Å². The van der Waals surface area contributed by atoms with E-state index in [4.69, 9.17) is 9.47 Å². The van der Waals surface area contributed by atoms with Crippen LogP contribution in [0, 0.1) is 0 Å². The molecule has 0 aromatic carbocycles. The Morgan fingerprint density at radius 1 is 1.47 bits per heavy atom. The van der Waals surface area contributed by atoms with Gasteiger partial charge in [-0.15, -0.1) is 0 Å². The lowest BCUT2D eigenvalue weighted by Crippen LogP contribution is -2.41. The molecule has 1 rings (SSSR count). The van der Waals surface area contributed by atoms with Crippen LogP contribution in [0.4, 0.5) is 4.79 Å². The Kier molecular flexibility index (Phi) is 4.03. The normalized spacial score (nSPS) is 24.6. The molecule has 0 spiro atoms. The Bertz CT molecular complexity index is 308. The van der Waals surface area contributed by atoms with E-state index in [1.54, 1.807) is 20.8 Å². The molecule has 0 aliphatic carbocycles. The molecule has 5 heteroatoms. The Balaban J connectivity index is 2.73. The van der Waals surface area contributed by atoms with Crippen molar-refractivity contribution in [1.82, 2.24) is 4.90 Å². The average Bonchev–Trinajstić information content (AvgIpc) is 2.56. The van der Waals surface area contributed by atoms with Gasteiger partial charge in [-0.05, 0) is 20.8 Å². The third kappa shape index (κ3) is 3.63. The van der Waals surface area contributed by atoms with Crippen molar-refractivity contribution in [2.75, 3.05) is 13.7 Å². The van der Waals surface area contributed by atoms with E-state index < -0.39 is 17.8 Å². The molecule has 0 aromatic heterocycles. The first-order chi connectivity index (χ1) is 7.74. The van der Waals surface area contributed by atoms with Crippen molar-refractivity contribution in [3.8, 4) is 0 Å². The number of amides is 1. The van der Waals surface area contributed by atoms with Crippen LogP contribution in [0.15, 0.2) is 12.3 Å². The molecule has 1 aliphatic rings. The minimum atomic E-state index is -0.556. The predicted octanol–water partition coefficient (Wildman–Crippen LogP) is 1.52. The molecule has 17 heavy (non-hydrogen) atoms. The van der Waals surface area contributed by atoms with Crippen LogP contribution in [0.2, 0.25) is 0 Å². The Hall–Kier alpha value is -1.23. The molecular weight excluding hydrogens is 222 g/mol. The number of rotatable bonds is 2. The molecule has 1 aliphatic heterocycles. The highest BCUT2D eigenvalue weighted by atomic mass is 16.6. The summed E-state index contributed by atoms with van der Waals surface area (Å²) in [7, 11) is 1.50. The van der Waals surface area contributed by atoms with E-state index in [1.165, 1.54) is 12.0 Å². The summed E-state index contributed by atoms with van der Waals surface area (Å²) in [5.74, 6) is 0.465. The number of aliphatic hydroxyl groups excluding tert-OH is 1. The van der Waals surface area contributed by atoms with Crippen LogP contribution >= 0.6 is 0 Å². The summed E-state index contributed by atoms with van der Waals surface area (Å²) >= 11 is 0. The van der Waals surface area contributed by atoms with Crippen LogP contribution in [0.1, 0.15) is 27.2 Å². The van der Waals surface area contributed by atoms with Crippen LogP contribution in [-0.2, 0) is 9.47 Å². The molecule has 0 aromatic rings. The van der Waals surface area contributed by atoms with E-state index in [1.807, 2.05) is 0 Å². The van der Waals surface area contributed by atoms with Gasteiger partial charge in [-0.25, -0.2) is 4.79 Å². The van der Waals surface area contributed by atoms with Crippen molar-refractivity contribution in [3.05, 3.63) is 12.3 Å². The fourth-order valence-corrected chi connectivity index (χ4v) is 1.78. The van der Waals surface area contributed by atoms with Gasteiger partial charge >= 0.3 is 6.09 Å². The lowest BCUT2D eigenvalue weighted by atomic mass is 10.2. The van der Waals surface area contributed by atoms with Gasteiger partial charge < -0.3 is 14.6 Å². The van der Waals surface area contributed by atoms with E-state index >= 15 is 0 Å². The second-order valence-electron chi connectivity index (χ2n) is 5.21. The van der Waals surface area contributed by atoms with E-state index in [2.05, 4.69) is 6.58 Å². The maximum atomic E-state index is 11.9. The number of likely N-dealkylation sites (tertiary alicyclic amines) is 1. The number of β-amino-alcohol motifs (C(OH)–C–C–N with tert-alkyl or cyclic N) is 1. The number of carbonyl (C=O) groups is 1. The number of hydrogen-bond acceptors (Lipinski definition) is 4. The molecule has 1 heterocycles. The first-order valence-corrected chi connectivity index (χ1v) is 5.65. The molecule has 5 nitrogen and oxygen atoms in total. The monoisotopic (exact) mass is 243 g/mol. The van der Waals surface area contributed by atoms with E-state index in [-0.39, 0.29) is 12.6 Å². The molecule has 0 unspecified atom stereocenters. The standard InChI is InChI=1S/C12H21NO4/c1-8(16-5)10-6-9(14)7-13(10)11(15)17-12(2,3)4/h9-10,14H,1,6-7H2,2-5H3/t9-,10-/m0/s1. The third-order valence-electron chi connectivity index (χ3n) is 2.54. The molecule has 1 amide bonds. The zero-order chi connectivity index (χ0) is 13.2. The predicted molar refractivity (Wildman–Crippen MR) is 63.5 cm³/mol. The van der Waals surface area contributed by atoms with Crippen molar-refractivity contribution in [2.24, 2.45) is 0 Å². The van der Waals surface area contributed by atoms with Crippen molar-refractivity contribution in [3.63, 3.8) is 0 Å². The highest BCUT2D eigenvalue weighted by Gasteiger charge is 2.38. The summed E-state index contributed by atoms with van der Waals surface area (Å²) < 4.78 is 10.3. The van der Waals surface area contributed by atoms with Gasteiger partial charge in [-0.3, -0.25) is 4.90 Å². The smallest absolute Gasteiger partial charge is 0.411 e. The van der Waals surface area contributed by atoms with Gasteiger partial charge in [0, 0.05) is 6.42 Å². The third-order valence-corrected chi connectivity index (χ3v) is 2.54. The summed E-state index contributed by atoms with van der Waals surface area (Å²) in [5, 5.41) is 9.62. The maximum Gasteiger partial charge on any atom is 0.411 e. The van der Waals surface area contributed by atoms with Crippen LogP contribution in [-0.4, -0.2) is 47.5 Å². The molecule has 1 saturated heterocycles. The van der Waals surface area contributed by atoms with Crippen LogP contribution in [0.5, 0.6) is 0 Å². The molecule has 1 N–H and O–H groups in total. The quantitative estimate of drug-likeness (QED) is 0.747. The number of hydrogen-bond donors (Lipinski definition) is 1. The van der Waals surface area contributed by atoms with Crippen molar-refractivity contribution < 1.29 is 19.4 Å². The largest absolute Gasteiger partial charge is 0.500 e. The molecule has 2 atom stereocenters. The first kappa shape index (κ1) is 13.8. The van der Waals surface area contributed by atoms with Gasteiger partial charge in [-0.2, -0.15) is 0 Å². The maximum absolute atomic E-state index is 11.9. The molecule has 1 fully saturated rings. The topological polar surface area (TPSA) is 59.0 Å². The van der Waals surface area contributed by atoms with Crippen LogP contribution in [0.25, 0.3) is 0 Å². The van der Waals surface area contributed by atoms with E-state index in [0.717, 1.165) is 0 Å². The summed E-state index contributed by atoms with van der Waals surface area (Å²) in [4.78, 5) is 13.4. The van der Waals surface area contributed by atoms with Crippen molar-refractivity contribution in [2.45, 2.75) is 44.9 Å². The van der Waals surface area contributed by atoms with Gasteiger partial charge in [0.15, 0.2) is 0 Å². The van der Waals surface area contributed by atoms with Crippen LogP contribution in [0.3, 0.4) is 0 Å². The fourth-order valence-electron chi connectivity index (χ4n) is 1.78. The Morgan fingerprint density at radius 2 is 2.06 bits per heavy atom. The number of ether oxygens (including phenoxy) is 2. The molecule has 0 saturated carbocycles. The van der Waals surface area contributed by atoms with E-state index in [9.17, 15) is 9.90 Å². The van der Waals surface area contributed by atoms with Crippen molar-refractivity contribution >= 4 is 6.09 Å². The lowest BCUT2D eigenvalue weighted by Gasteiger charge is -2.28. The summed E-state index contributed by atoms with van der Waals surface area (Å²) in [6, 6.07) is -0.315. The number of carbonyl (C=O) groups excluding carboxylic acids is 1. The van der Waals surface area contributed by atoms with Gasteiger partial charge in [0.25, 0.3) is 0 Å². The summed E-state index contributed by atoms with van der Waals surface area (Å²) in [6.07, 6.45) is -0.567. The zero-order valence-corrected chi connectivity index (χ0v) is 10.9. The molecule has 98 valence electrons. The Labute approximate surface area is 102 Å². The second-order valence-corrected chi connectivity index (χ2v) is 5.21. The highest BCUT2D eigenvalue weighted by Crippen LogP contribution is 2.25. The summed E-state index contributed by atoms with van der Waals surface area (Å²) in [6.45, 7) is 9.40. The minimum absolute atomic E-state index is 0.252. The minimum Gasteiger partial charge on any atom is -0.500 e. The zero-order valence-electron chi connectivity index (χ0n) is 10.9. The highest BCUT2D eigenvalue weighted by molar-refractivity contribution is 5.69. The fraction of sp³-hybridized carbons (Fsp3) is 0.750. The first-order valence-electron chi connectivity index (χ1n) is 5.65. The van der Waals surface area contributed by atoms with Gasteiger partial charge in [-0.1, -0.05) is 6.58 Å². The molecule has 0 radical (unpaired) electrons. The SMILES string of the molecule is C=C(OC)[C@@H]1C[C@H](O)CN1C(=O)OC(C)(C)C. The van der Waals surface area contributed by atoms with Gasteiger partial charge in [0.1, 0.15) is 11.4 Å². The van der Waals surface area contributed by atoms with Crippen molar-refractivity contribution in [1.29, 1.82) is 0 Å². The number of methoxy groups -OCH3 is 1. The average molecular weight is 243 g/mol. The molecule has 0 bridgehead atoms. The van der Waals surface area contributed by atoms with Gasteiger partial charge in [0.2, 0.25) is 0 Å². The summed E-state index contributed by atoms with van der Waals surface area (Å²) in [5.41, 5.74) is -0.552. The molecular formula is C12H21NO4. The van der Waals surface area contributed by atoms with Gasteiger partial charge in [0.05, 0.1) is 25.8 Å². The number of nitrogens with zero attached hydrogens (tertiary/aromatic N) is 1. The Morgan fingerprint density at radius 3 is 2.53 bits per heavy atom. The van der Waals surface area contributed by atoms with E-state index in [0.29, 0.717) is 12.2 Å². The number of aliphatic hydroxyl groups is 1. The second kappa shape index (κ2) is 4.96.